The Labute approximate surface area is 205 Å². The summed E-state index contributed by atoms with van der Waals surface area (Å²) in [4.78, 5) is 11.5. The predicted octanol–water partition coefficient (Wildman–Crippen LogP) is 5.76. The zero-order valence-electron chi connectivity index (χ0n) is 19.1. The monoisotopic (exact) mass is 486 g/mol. The number of hydrogen-bond acceptors (Lipinski definition) is 4. The highest BCUT2D eigenvalue weighted by molar-refractivity contribution is 7.91. The Morgan fingerprint density at radius 1 is 0.743 bits per heavy atom. The summed E-state index contributed by atoms with van der Waals surface area (Å²) in [6.45, 7) is 0. The Morgan fingerprint density at radius 2 is 1.34 bits per heavy atom. The predicted molar refractivity (Wildman–Crippen MR) is 136 cm³/mol. The molecule has 4 aromatic carbocycles. The normalized spacial score (nSPS) is 12.1. The lowest BCUT2D eigenvalue weighted by Gasteiger charge is -2.22. The highest BCUT2D eigenvalue weighted by atomic mass is 32.2. The number of ether oxygens (including phenoxy) is 1. The van der Waals surface area contributed by atoms with Crippen LogP contribution in [0.5, 0.6) is 5.75 Å². The molecular formula is C29H26O5S. The van der Waals surface area contributed by atoms with Gasteiger partial charge in [0.1, 0.15) is 11.9 Å². The lowest BCUT2D eigenvalue weighted by molar-refractivity contribution is 0.0696. The number of aromatic carboxylic acids is 1. The average Bonchev–Trinajstić information content (AvgIpc) is 2.89. The van der Waals surface area contributed by atoms with E-state index in [0.29, 0.717) is 11.3 Å². The van der Waals surface area contributed by atoms with Gasteiger partial charge >= 0.3 is 5.97 Å². The molecule has 5 nitrogen and oxygen atoms in total. The fraction of sp³-hybridized carbons (Fsp3) is 0.138. The van der Waals surface area contributed by atoms with Gasteiger partial charge in [0.15, 0.2) is 9.84 Å². The first-order chi connectivity index (χ1) is 16.9. The molecule has 0 aliphatic rings. The molecule has 35 heavy (non-hydrogen) atoms. The molecule has 4 aromatic rings. The van der Waals surface area contributed by atoms with E-state index >= 15 is 0 Å². The van der Waals surface area contributed by atoms with Crippen molar-refractivity contribution < 1.29 is 23.1 Å². The summed E-state index contributed by atoms with van der Waals surface area (Å²) in [6.07, 6.45) is 0.735. The van der Waals surface area contributed by atoms with Crippen LogP contribution in [-0.4, -0.2) is 25.2 Å². The third kappa shape index (κ3) is 6.37. The third-order valence-electron chi connectivity index (χ3n) is 5.77. The molecule has 0 radical (unpaired) electrons. The summed E-state index contributed by atoms with van der Waals surface area (Å²) in [7, 11) is -3.66. The van der Waals surface area contributed by atoms with Crippen LogP contribution < -0.4 is 4.74 Å². The van der Waals surface area contributed by atoms with Crippen LogP contribution >= 0.6 is 0 Å². The summed E-state index contributed by atoms with van der Waals surface area (Å²) in [5, 5.41) is 9.25. The SMILES string of the molecule is O=C(O)c1ccc(C(CS(=O)(=O)c2ccccc2)Oc2ccccc2CCc2ccccc2)cc1. The fourth-order valence-corrected chi connectivity index (χ4v) is 5.29. The number of carbonyl (C=O) groups is 1. The van der Waals surface area contributed by atoms with Gasteiger partial charge in [0, 0.05) is 0 Å². The Balaban J connectivity index is 1.63. The van der Waals surface area contributed by atoms with Gasteiger partial charge in [0.05, 0.1) is 16.2 Å². The lowest BCUT2D eigenvalue weighted by Crippen LogP contribution is -2.20. The van der Waals surface area contributed by atoms with Crippen LogP contribution in [-0.2, 0) is 22.7 Å². The minimum atomic E-state index is -3.66. The molecule has 1 unspecified atom stereocenters. The van der Waals surface area contributed by atoms with E-state index in [1.165, 1.54) is 17.7 Å². The number of carboxylic acid groups (broad SMARTS) is 1. The number of hydrogen-bond donors (Lipinski definition) is 1. The molecular weight excluding hydrogens is 460 g/mol. The molecule has 0 spiro atoms. The number of sulfone groups is 1. The van der Waals surface area contributed by atoms with Crippen molar-refractivity contribution in [3.8, 4) is 5.75 Å². The van der Waals surface area contributed by atoms with Crippen LogP contribution in [0.15, 0.2) is 114 Å². The molecule has 0 bridgehead atoms. The second-order valence-electron chi connectivity index (χ2n) is 8.22. The maximum absolute atomic E-state index is 13.2. The second kappa shape index (κ2) is 11.0. The van der Waals surface area contributed by atoms with E-state index in [1.54, 1.807) is 42.5 Å². The van der Waals surface area contributed by atoms with Crippen LogP contribution in [0, 0.1) is 0 Å². The maximum atomic E-state index is 13.2. The topological polar surface area (TPSA) is 80.7 Å². The number of rotatable bonds is 10. The van der Waals surface area contributed by atoms with Crippen LogP contribution in [0.4, 0.5) is 0 Å². The summed E-state index contributed by atoms with van der Waals surface area (Å²) < 4.78 is 32.8. The molecule has 0 aliphatic carbocycles. The highest BCUT2D eigenvalue weighted by Crippen LogP contribution is 2.29. The lowest BCUT2D eigenvalue weighted by atomic mass is 10.0. The van der Waals surface area contributed by atoms with Crippen molar-refractivity contribution in [2.75, 3.05) is 5.75 Å². The van der Waals surface area contributed by atoms with Gasteiger partial charge in [-0.15, -0.1) is 0 Å². The van der Waals surface area contributed by atoms with E-state index in [4.69, 9.17) is 4.74 Å². The molecule has 0 saturated heterocycles. The van der Waals surface area contributed by atoms with Crippen molar-refractivity contribution in [1.29, 1.82) is 0 Å². The molecule has 0 aromatic heterocycles. The molecule has 0 aliphatic heterocycles. The van der Waals surface area contributed by atoms with Gasteiger partial charge in [-0.3, -0.25) is 0 Å². The molecule has 1 atom stereocenters. The fourth-order valence-electron chi connectivity index (χ4n) is 3.86. The minimum Gasteiger partial charge on any atom is -0.484 e. The minimum absolute atomic E-state index is 0.127. The zero-order valence-corrected chi connectivity index (χ0v) is 19.9. The van der Waals surface area contributed by atoms with Crippen LogP contribution in [0.1, 0.15) is 33.2 Å². The number of carboxylic acids is 1. The smallest absolute Gasteiger partial charge is 0.335 e. The van der Waals surface area contributed by atoms with Gasteiger partial charge in [0.2, 0.25) is 0 Å². The van der Waals surface area contributed by atoms with Gasteiger partial charge in [0.25, 0.3) is 0 Å². The largest absolute Gasteiger partial charge is 0.484 e. The Bertz CT molecular complexity index is 1370. The Kier molecular flexibility index (Phi) is 7.63. The van der Waals surface area contributed by atoms with Crippen molar-refractivity contribution in [3.63, 3.8) is 0 Å². The standard InChI is InChI=1S/C29H26O5S/c30-29(31)25-19-17-24(18-20-25)28(21-35(32,33)26-12-5-2-6-13-26)34-27-14-8-7-11-23(27)16-15-22-9-3-1-4-10-22/h1-14,17-20,28H,15-16,21H2,(H,30,31). The van der Waals surface area contributed by atoms with E-state index in [1.807, 2.05) is 42.5 Å². The van der Waals surface area contributed by atoms with E-state index in [9.17, 15) is 18.3 Å². The molecule has 1 N–H and O–H groups in total. The molecule has 4 rings (SSSR count). The second-order valence-corrected chi connectivity index (χ2v) is 10.3. The number of benzene rings is 4. The van der Waals surface area contributed by atoms with Crippen LogP contribution in [0.3, 0.4) is 0 Å². The van der Waals surface area contributed by atoms with Gasteiger partial charge in [-0.2, -0.15) is 0 Å². The van der Waals surface area contributed by atoms with Gasteiger partial charge in [-0.1, -0.05) is 78.9 Å². The van der Waals surface area contributed by atoms with E-state index in [0.717, 1.165) is 18.4 Å². The van der Waals surface area contributed by atoms with Crippen LogP contribution in [0.25, 0.3) is 0 Å². The third-order valence-corrected chi connectivity index (χ3v) is 7.50. The summed E-state index contributed by atoms with van der Waals surface area (Å²) in [5.74, 6) is -0.715. The molecule has 178 valence electrons. The quantitative estimate of drug-likeness (QED) is 0.308. The summed E-state index contributed by atoms with van der Waals surface area (Å²) >= 11 is 0. The van der Waals surface area contributed by atoms with Gasteiger partial charge < -0.3 is 9.84 Å². The first-order valence-electron chi connectivity index (χ1n) is 11.3. The van der Waals surface area contributed by atoms with Gasteiger partial charge in [-0.25, -0.2) is 13.2 Å². The molecule has 0 fully saturated rings. The van der Waals surface area contributed by atoms with Crippen molar-refractivity contribution in [2.45, 2.75) is 23.8 Å². The Morgan fingerprint density at radius 3 is 2.00 bits per heavy atom. The highest BCUT2D eigenvalue weighted by Gasteiger charge is 2.25. The van der Waals surface area contributed by atoms with Crippen molar-refractivity contribution in [2.24, 2.45) is 0 Å². The number of aryl methyl sites for hydroxylation is 2. The van der Waals surface area contributed by atoms with Crippen LogP contribution in [0.2, 0.25) is 0 Å². The van der Waals surface area contributed by atoms with E-state index in [-0.39, 0.29) is 16.2 Å². The molecule has 0 heterocycles. The van der Waals surface area contributed by atoms with Gasteiger partial charge in [-0.05, 0) is 59.9 Å². The average molecular weight is 487 g/mol. The Hall–Kier alpha value is -3.90. The van der Waals surface area contributed by atoms with Crippen molar-refractivity contribution >= 4 is 15.8 Å². The first-order valence-corrected chi connectivity index (χ1v) is 13.0. The van der Waals surface area contributed by atoms with Crippen molar-refractivity contribution in [1.82, 2.24) is 0 Å². The maximum Gasteiger partial charge on any atom is 0.335 e. The molecule has 0 saturated carbocycles. The molecule has 0 amide bonds. The zero-order chi connectivity index (χ0) is 24.7. The molecule has 6 heteroatoms. The summed E-state index contributed by atoms with van der Waals surface area (Å²) in [6, 6.07) is 32.2. The number of para-hydroxylation sites is 1. The van der Waals surface area contributed by atoms with E-state index < -0.39 is 21.9 Å². The first kappa shape index (κ1) is 24.2. The summed E-state index contributed by atoms with van der Waals surface area (Å²) in [5.41, 5.74) is 2.89. The van der Waals surface area contributed by atoms with E-state index in [2.05, 4.69) is 12.1 Å². The van der Waals surface area contributed by atoms with Crippen molar-refractivity contribution in [3.05, 3.63) is 131 Å².